The third-order valence-corrected chi connectivity index (χ3v) is 6.43. The predicted molar refractivity (Wildman–Crippen MR) is 115 cm³/mol. The van der Waals surface area contributed by atoms with Crippen LogP contribution in [0.5, 0.6) is 0 Å². The maximum Gasteiger partial charge on any atom is 0.0372 e. The summed E-state index contributed by atoms with van der Waals surface area (Å²) in [7, 11) is 0. The minimum atomic E-state index is 0.430. The molecule has 0 saturated carbocycles. The van der Waals surface area contributed by atoms with Crippen molar-refractivity contribution in [1.29, 1.82) is 0 Å². The predicted octanol–water partition coefficient (Wildman–Crippen LogP) is 5.06. The Balaban J connectivity index is 1.46. The quantitative estimate of drug-likeness (QED) is 0.692. The zero-order valence-electron chi connectivity index (χ0n) is 16.4. The number of hydrogen-bond donors (Lipinski definition) is 1. The molecule has 1 N–H and O–H groups in total. The van der Waals surface area contributed by atoms with Gasteiger partial charge in [-0.25, -0.2) is 0 Å². The molecule has 2 heteroatoms. The number of rotatable bonds is 4. The Labute approximate surface area is 168 Å². The summed E-state index contributed by atoms with van der Waals surface area (Å²) in [4.78, 5) is 2.69. The smallest absolute Gasteiger partial charge is 0.0372 e. The summed E-state index contributed by atoms with van der Waals surface area (Å²) in [5, 5.41) is 3.81. The van der Waals surface area contributed by atoms with Gasteiger partial charge in [0.1, 0.15) is 0 Å². The molecule has 2 atom stereocenters. The van der Waals surface area contributed by atoms with Crippen LogP contribution in [0.3, 0.4) is 0 Å². The molecule has 2 aliphatic rings. The minimum absolute atomic E-state index is 0.430. The Hall–Kier alpha value is -2.42. The molecule has 0 amide bonds. The summed E-state index contributed by atoms with van der Waals surface area (Å²) in [6.45, 7) is 3.23. The first kappa shape index (κ1) is 17.7. The number of fused-ring (bicyclic) bond motifs is 2. The zero-order valence-corrected chi connectivity index (χ0v) is 16.4. The average Bonchev–Trinajstić information content (AvgIpc) is 2.76. The molecular weight excluding hydrogens is 340 g/mol. The first-order chi connectivity index (χ1) is 13.9. The van der Waals surface area contributed by atoms with E-state index in [1.807, 2.05) is 0 Å². The van der Waals surface area contributed by atoms with Crippen molar-refractivity contribution in [3.63, 3.8) is 0 Å². The van der Waals surface area contributed by atoms with Crippen LogP contribution in [-0.4, -0.2) is 18.0 Å². The second-order valence-electron chi connectivity index (χ2n) is 8.11. The Morgan fingerprint density at radius 3 is 2.25 bits per heavy atom. The molecule has 5 rings (SSSR count). The van der Waals surface area contributed by atoms with Crippen LogP contribution in [-0.2, 0) is 19.4 Å². The van der Waals surface area contributed by atoms with E-state index in [-0.39, 0.29) is 0 Å². The lowest BCUT2D eigenvalue weighted by atomic mass is 9.84. The van der Waals surface area contributed by atoms with Crippen LogP contribution in [0.25, 0.3) is 0 Å². The van der Waals surface area contributed by atoms with Gasteiger partial charge in [0, 0.05) is 25.2 Å². The van der Waals surface area contributed by atoms with Gasteiger partial charge in [-0.15, -0.1) is 0 Å². The van der Waals surface area contributed by atoms with Gasteiger partial charge in [-0.05, 0) is 53.6 Å². The normalized spacial score (nSPS) is 21.7. The van der Waals surface area contributed by atoms with Crippen LogP contribution in [0, 0.1) is 0 Å². The van der Waals surface area contributed by atoms with Crippen molar-refractivity contribution in [2.75, 3.05) is 13.1 Å². The summed E-state index contributed by atoms with van der Waals surface area (Å²) in [6.07, 6.45) is 3.41. The van der Waals surface area contributed by atoms with Gasteiger partial charge in [0.15, 0.2) is 0 Å². The van der Waals surface area contributed by atoms with Crippen molar-refractivity contribution in [2.45, 2.75) is 37.9 Å². The maximum atomic E-state index is 3.81. The van der Waals surface area contributed by atoms with Crippen molar-refractivity contribution in [3.05, 3.63) is 107 Å². The van der Waals surface area contributed by atoms with Gasteiger partial charge >= 0.3 is 0 Å². The number of hydrogen-bond acceptors (Lipinski definition) is 2. The summed E-state index contributed by atoms with van der Waals surface area (Å²) in [5.74, 6) is 0. The lowest BCUT2D eigenvalue weighted by Crippen LogP contribution is -2.39. The SMILES string of the molecule is c1ccc(CN2CCc3ccccc3[C@H]2C[C@H]2NCCc3ccccc32)cc1. The van der Waals surface area contributed by atoms with Gasteiger partial charge in [-0.3, -0.25) is 4.90 Å². The lowest BCUT2D eigenvalue weighted by Gasteiger charge is -2.40. The molecule has 0 aromatic heterocycles. The molecule has 0 bridgehead atoms. The second kappa shape index (κ2) is 7.90. The van der Waals surface area contributed by atoms with Gasteiger partial charge in [0.25, 0.3) is 0 Å². The number of nitrogens with one attached hydrogen (secondary N) is 1. The molecule has 2 aliphatic heterocycles. The number of benzene rings is 3. The van der Waals surface area contributed by atoms with E-state index in [2.05, 4.69) is 89.1 Å². The van der Waals surface area contributed by atoms with E-state index in [9.17, 15) is 0 Å². The highest BCUT2D eigenvalue weighted by Gasteiger charge is 2.31. The monoisotopic (exact) mass is 368 g/mol. The largest absolute Gasteiger partial charge is 0.310 e. The number of nitrogens with zero attached hydrogens (tertiary/aromatic N) is 1. The van der Waals surface area contributed by atoms with Crippen LogP contribution in [0.1, 0.15) is 46.3 Å². The fraction of sp³-hybridized carbons (Fsp3) is 0.308. The molecule has 2 nitrogen and oxygen atoms in total. The average molecular weight is 369 g/mol. The molecule has 3 aromatic rings. The van der Waals surface area contributed by atoms with Gasteiger partial charge in [0.05, 0.1) is 0 Å². The van der Waals surface area contributed by atoms with E-state index in [4.69, 9.17) is 0 Å². The van der Waals surface area contributed by atoms with E-state index >= 15 is 0 Å². The molecule has 0 unspecified atom stereocenters. The van der Waals surface area contributed by atoms with Crippen molar-refractivity contribution >= 4 is 0 Å². The Morgan fingerprint density at radius 1 is 0.750 bits per heavy atom. The highest BCUT2D eigenvalue weighted by atomic mass is 15.2. The van der Waals surface area contributed by atoms with Crippen molar-refractivity contribution < 1.29 is 0 Å². The topological polar surface area (TPSA) is 15.3 Å². The van der Waals surface area contributed by atoms with E-state index in [1.54, 1.807) is 0 Å². The highest BCUT2D eigenvalue weighted by molar-refractivity contribution is 5.36. The standard InChI is InChI=1S/C26H28N2/c1-2-8-20(9-3-1)19-28-17-15-22-11-5-7-13-24(22)26(28)18-25-23-12-6-4-10-21(23)14-16-27-25/h1-13,25-27H,14-19H2/t25-,26-/m1/s1. The summed E-state index contributed by atoms with van der Waals surface area (Å²) in [6, 6.07) is 29.9. The molecule has 0 aliphatic carbocycles. The zero-order chi connectivity index (χ0) is 18.8. The molecule has 0 radical (unpaired) electrons. The molecular formula is C26H28N2. The molecule has 0 saturated heterocycles. The van der Waals surface area contributed by atoms with Crippen LogP contribution >= 0.6 is 0 Å². The van der Waals surface area contributed by atoms with Crippen LogP contribution in [0.15, 0.2) is 78.9 Å². The summed E-state index contributed by atoms with van der Waals surface area (Å²) < 4.78 is 0. The van der Waals surface area contributed by atoms with Crippen molar-refractivity contribution in [1.82, 2.24) is 10.2 Å². The molecule has 142 valence electrons. The van der Waals surface area contributed by atoms with Crippen LogP contribution < -0.4 is 5.32 Å². The third kappa shape index (κ3) is 3.50. The third-order valence-electron chi connectivity index (χ3n) is 6.43. The van der Waals surface area contributed by atoms with Crippen LogP contribution in [0.4, 0.5) is 0 Å². The minimum Gasteiger partial charge on any atom is -0.310 e. The molecule has 0 spiro atoms. The van der Waals surface area contributed by atoms with Gasteiger partial charge < -0.3 is 5.32 Å². The van der Waals surface area contributed by atoms with Gasteiger partial charge in [-0.2, -0.15) is 0 Å². The fourth-order valence-corrected chi connectivity index (χ4v) is 5.01. The summed E-state index contributed by atoms with van der Waals surface area (Å²) >= 11 is 0. The molecule has 3 aromatic carbocycles. The maximum absolute atomic E-state index is 3.81. The van der Waals surface area contributed by atoms with Crippen molar-refractivity contribution in [2.24, 2.45) is 0 Å². The van der Waals surface area contributed by atoms with E-state index in [0.29, 0.717) is 12.1 Å². The van der Waals surface area contributed by atoms with Crippen molar-refractivity contribution in [3.8, 4) is 0 Å². The van der Waals surface area contributed by atoms with E-state index in [0.717, 1.165) is 38.9 Å². The first-order valence-corrected chi connectivity index (χ1v) is 10.6. The van der Waals surface area contributed by atoms with E-state index in [1.165, 1.54) is 27.8 Å². The Morgan fingerprint density at radius 2 is 1.43 bits per heavy atom. The van der Waals surface area contributed by atoms with Crippen LogP contribution in [0.2, 0.25) is 0 Å². The molecule has 2 heterocycles. The fourth-order valence-electron chi connectivity index (χ4n) is 5.01. The lowest BCUT2D eigenvalue weighted by molar-refractivity contribution is 0.153. The first-order valence-electron chi connectivity index (χ1n) is 10.6. The van der Waals surface area contributed by atoms with Gasteiger partial charge in [0.2, 0.25) is 0 Å². The second-order valence-corrected chi connectivity index (χ2v) is 8.11. The Bertz CT molecular complexity index is 934. The van der Waals surface area contributed by atoms with Gasteiger partial charge in [-0.1, -0.05) is 78.9 Å². The Kier molecular flexibility index (Phi) is 4.99. The van der Waals surface area contributed by atoms with E-state index < -0.39 is 0 Å². The summed E-state index contributed by atoms with van der Waals surface area (Å²) in [5.41, 5.74) is 7.47. The molecule has 0 fully saturated rings. The molecule has 28 heavy (non-hydrogen) atoms. The highest BCUT2D eigenvalue weighted by Crippen LogP contribution is 2.38.